The molecule has 140 valence electrons. The SMILES string of the molecule is CCC.O=C(OCC1C2CCC#CCCC21)Oc1ccc([N+](=O)[O-])cc1. The third-order valence-corrected chi connectivity index (χ3v) is 4.48. The summed E-state index contributed by atoms with van der Waals surface area (Å²) in [5, 5.41) is 10.6. The molecule has 1 aromatic carbocycles. The highest BCUT2D eigenvalue weighted by Gasteiger charge is 2.49. The van der Waals surface area contributed by atoms with Crippen molar-refractivity contribution in [2.24, 2.45) is 17.8 Å². The smallest absolute Gasteiger partial charge is 0.434 e. The maximum atomic E-state index is 11.7. The molecule has 0 amide bonds. The number of nitro groups is 1. The number of ether oxygens (including phenoxy) is 2. The molecule has 0 aliphatic heterocycles. The van der Waals surface area contributed by atoms with Gasteiger partial charge in [-0.1, -0.05) is 20.3 Å². The van der Waals surface area contributed by atoms with Crippen molar-refractivity contribution in [2.75, 3.05) is 6.61 Å². The van der Waals surface area contributed by atoms with Crippen molar-refractivity contribution >= 4 is 11.8 Å². The lowest BCUT2D eigenvalue weighted by molar-refractivity contribution is -0.384. The van der Waals surface area contributed by atoms with E-state index in [0.717, 1.165) is 25.7 Å². The molecule has 2 aliphatic carbocycles. The third-order valence-electron chi connectivity index (χ3n) is 4.48. The molecule has 0 N–H and O–H groups in total. The number of non-ortho nitro benzene ring substituents is 1. The number of hydrogen-bond acceptors (Lipinski definition) is 5. The molecule has 0 aromatic heterocycles. The van der Waals surface area contributed by atoms with Gasteiger partial charge in [0.25, 0.3) is 5.69 Å². The number of hydrogen-bond donors (Lipinski definition) is 0. The van der Waals surface area contributed by atoms with Crippen LogP contribution in [0.5, 0.6) is 5.75 Å². The molecule has 2 unspecified atom stereocenters. The summed E-state index contributed by atoms with van der Waals surface area (Å²) in [6, 6.07) is 5.32. The first-order valence-corrected chi connectivity index (χ1v) is 9.11. The maximum Gasteiger partial charge on any atom is 0.513 e. The minimum atomic E-state index is -0.769. The predicted molar refractivity (Wildman–Crippen MR) is 97.8 cm³/mol. The average molecular weight is 359 g/mol. The van der Waals surface area contributed by atoms with Gasteiger partial charge in [-0.15, -0.1) is 11.8 Å². The second-order valence-electron chi connectivity index (χ2n) is 6.54. The first-order valence-electron chi connectivity index (χ1n) is 9.11. The fraction of sp³-hybridized carbons (Fsp3) is 0.550. The zero-order chi connectivity index (χ0) is 18.9. The van der Waals surface area contributed by atoms with E-state index in [0.29, 0.717) is 24.4 Å². The number of nitro benzene ring substituents is 1. The molecule has 2 atom stereocenters. The van der Waals surface area contributed by atoms with E-state index in [4.69, 9.17) is 9.47 Å². The zero-order valence-electron chi connectivity index (χ0n) is 15.3. The minimum Gasteiger partial charge on any atom is -0.434 e. The summed E-state index contributed by atoms with van der Waals surface area (Å²) in [6.07, 6.45) is 4.47. The topological polar surface area (TPSA) is 78.7 Å². The van der Waals surface area contributed by atoms with E-state index in [2.05, 4.69) is 25.7 Å². The molecule has 1 saturated carbocycles. The van der Waals surface area contributed by atoms with Crippen molar-refractivity contribution in [3.8, 4) is 17.6 Å². The summed E-state index contributed by atoms with van der Waals surface area (Å²) >= 11 is 0. The molecule has 0 radical (unpaired) electrons. The molecule has 26 heavy (non-hydrogen) atoms. The molecule has 0 saturated heterocycles. The van der Waals surface area contributed by atoms with Crippen LogP contribution in [0.1, 0.15) is 46.0 Å². The van der Waals surface area contributed by atoms with Crippen LogP contribution in [0.2, 0.25) is 0 Å². The maximum absolute atomic E-state index is 11.7. The van der Waals surface area contributed by atoms with Crippen molar-refractivity contribution in [3.05, 3.63) is 34.4 Å². The standard InChI is InChI=1S/C17H17NO5.C3H8/c19-17(23-13-9-7-12(8-10-13)18(20)21)22-11-16-14-5-3-1-2-4-6-15(14)16;1-3-2/h7-10,14-16H,3-6,11H2;3H2,1-2H3. The van der Waals surface area contributed by atoms with Crippen molar-refractivity contribution in [1.29, 1.82) is 0 Å². The Bertz CT molecular complexity index is 656. The molecular formula is C20H25NO5. The van der Waals surface area contributed by atoms with Crippen LogP contribution in [0, 0.1) is 39.7 Å². The lowest BCUT2D eigenvalue weighted by atomic mass is 10.1. The molecule has 3 rings (SSSR count). The van der Waals surface area contributed by atoms with Gasteiger partial charge in [-0.25, -0.2) is 4.79 Å². The molecule has 1 fully saturated rings. The van der Waals surface area contributed by atoms with Crippen LogP contribution >= 0.6 is 0 Å². The lowest BCUT2D eigenvalue weighted by Crippen LogP contribution is -2.13. The van der Waals surface area contributed by atoms with Crippen molar-refractivity contribution in [3.63, 3.8) is 0 Å². The second-order valence-corrected chi connectivity index (χ2v) is 6.54. The summed E-state index contributed by atoms with van der Waals surface area (Å²) < 4.78 is 10.2. The van der Waals surface area contributed by atoms with Gasteiger partial charge in [0.05, 0.1) is 11.5 Å². The van der Waals surface area contributed by atoms with Crippen LogP contribution in [0.15, 0.2) is 24.3 Å². The molecule has 0 heterocycles. The third kappa shape index (κ3) is 5.76. The Morgan fingerprint density at radius 1 is 1.15 bits per heavy atom. The van der Waals surface area contributed by atoms with Crippen LogP contribution in [0.25, 0.3) is 0 Å². The largest absolute Gasteiger partial charge is 0.513 e. The molecule has 6 heteroatoms. The van der Waals surface area contributed by atoms with Gasteiger partial charge in [0, 0.05) is 25.0 Å². The zero-order valence-corrected chi connectivity index (χ0v) is 15.3. The molecule has 0 bridgehead atoms. The Morgan fingerprint density at radius 2 is 1.69 bits per heavy atom. The molecular weight excluding hydrogens is 334 g/mol. The van der Waals surface area contributed by atoms with E-state index in [-0.39, 0.29) is 11.4 Å². The summed E-state index contributed by atoms with van der Waals surface area (Å²) in [5.41, 5.74) is -0.0536. The van der Waals surface area contributed by atoms with Crippen molar-refractivity contribution < 1.29 is 19.2 Å². The number of rotatable bonds is 4. The van der Waals surface area contributed by atoms with Gasteiger partial charge in [-0.2, -0.15) is 0 Å². The van der Waals surface area contributed by atoms with Gasteiger partial charge >= 0.3 is 6.16 Å². The van der Waals surface area contributed by atoms with E-state index in [9.17, 15) is 14.9 Å². The number of nitrogens with zero attached hydrogens (tertiary/aromatic N) is 1. The normalized spacial score (nSPS) is 22.8. The first kappa shape index (κ1) is 19.8. The van der Waals surface area contributed by atoms with Gasteiger partial charge in [-0.05, 0) is 42.7 Å². The highest BCUT2D eigenvalue weighted by molar-refractivity contribution is 5.64. The van der Waals surface area contributed by atoms with Crippen LogP contribution in [-0.4, -0.2) is 17.7 Å². The first-order chi connectivity index (χ1) is 12.6. The van der Waals surface area contributed by atoms with E-state index in [1.807, 2.05) is 0 Å². The Hall–Kier alpha value is -2.55. The lowest BCUT2D eigenvalue weighted by Gasteiger charge is -2.05. The highest BCUT2D eigenvalue weighted by Crippen LogP contribution is 2.52. The van der Waals surface area contributed by atoms with E-state index in [1.54, 1.807) is 0 Å². The van der Waals surface area contributed by atoms with Crippen LogP contribution in [-0.2, 0) is 4.74 Å². The van der Waals surface area contributed by atoms with Crippen LogP contribution in [0.4, 0.5) is 10.5 Å². The molecule has 1 aromatic rings. The highest BCUT2D eigenvalue weighted by atomic mass is 16.7. The van der Waals surface area contributed by atoms with Crippen molar-refractivity contribution in [2.45, 2.75) is 46.0 Å². The fourth-order valence-electron chi connectivity index (χ4n) is 3.21. The molecule has 6 nitrogen and oxygen atoms in total. The predicted octanol–water partition coefficient (Wildman–Crippen LogP) is 4.97. The monoisotopic (exact) mass is 359 g/mol. The van der Waals surface area contributed by atoms with Gasteiger partial charge in [0.1, 0.15) is 5.75 Å². The number of benzene rings is 1. The van der Waals surface area contributed by atoms with E-state index >= 15 is 0 Å². The van der Waals surface area contributed by atoms with Crippen LogP contribution in [0.3, 0.4) is 0 Å². The molecule has 0 spiro atoms. The Morgan fingerprint density at radius 3 is 2.19 bits per heavy atom. The summed E-state index contributed by atoms with van der Waals surface area (Å²) in [6.45, 7) is 4.61. The number of carbonyl (C=O) groups is 1. The Balaban J connectivity index is 0.000000758. The van der Waals surface area contributed by atoms with Gasteiger partial charge in [0.15, 0.2) is 0 Å². The number of fused-ring (bicyclic) bond motifs is 1. The van der Waals surface area contributed by atoms with Gasteiger partial charge < -0.3 is 9.47 Å². The second kappa shape index (κ2) is 9.81. The van der Waals surface area contributed by atoms with Gasteiger partial charge in [-0.3, -0.25) is 10.1 Å². The fourth-order valence-corrected chi connectivity index (χ4v) is 3.21. The van der Waals surface area contributed by atoms with E-state index < -0.39 is 11.1 Å². The summed E-state index contributed by atoms with van der Waals surface area (Å²) in [7, 11) is 0. The molecule has 2 aliphatic rings. The van der Waals surface area contributed by atoms with Crippen molar-refractivity contribution in [1.82, 2.24) is 0 Å². The Labute approximate surface area is 154 Å². The number of carbonyl (C=O) groups excluding carboxylic acids is 1. The Kier molecular flexibility index (Phi) is 7.46. The minimum absolute atomic E-state index is 0.0536. The van der Waals surface area contributed by atoms with Crippen LogP contribution < -0.4 is 4.74 Å². The quantitative estimate of drug-likeness (QED) is 0.249. The summed E-state index contributed by atoms with van der Waals surface area (Å²) in [5.74, 6) is 8.14. The summed E-state index contributed by atoms with van der Waals surface area (Å²) in [4.78, 5) is 21.7. The average Bonchev–Trinajstić information content (AvgIpc) is 3.23. The van der Waals surface area contributed by atoms with Gasteiger partial charge in [0.2, 0.25) is 0 Å². The van der Waals surface area contributed by atoms with E-state index in [1.165, 1.54) is 30.7 Å².